The van der Waals surface area contributed by atoms with Gasteiger partial charge in [-0.2, -0.15) is 0 Å². The number of carbonyl (C=O) groups is 1. The van der Waals surface area contributed by atoms with Crippen LogP contribution in [0.4, 0.5) is 10.5 Å². The zero-order chi connectivity index (χ0) is 12.1. The molecule has 16 heavy (non-hydrogen) atoms. The number of methoxy groups -OCH3 is 1. The molecule has 0 atom stereocenters. The third-order valence-corrected chi connectivity index (χ3v) is 2.53. The van der Waals surface area contributed by atoms with Crippen molar-refractivity contribution in [2.45, 2.75) is 19.9 Å². The molecule has 0 aliphatic heterocycles. The van der Waals surface area contributed by atoms with Crippen molar-refractivity contribution in [1.29, 1.82) is 0 Å². The van der Waals surface area contributed by atoms with Crippen molar-refractivity contribution in [1.82, 2.24) is 5.32 Å². The van der Waals surface area contributed by atoms with E-state index in [1.54, 1.807) is 13.2 Å². The van der Waals surface area contributed by atoms with Crippen molar-refractivity contribution in [3.05, 3.63) is 22.7 Å². The van der Waals surface area contributed by atoms with Crippen molar-refractivity contribution < 1.29 is 9.53 Å². The molecule has 0 aromatic heterocycles. The van der Waals surface area contributed by atoms with Crippen molar-refractivity contribution in [2.75, 3.05) is 12.4 Å². The number of anilines is 1. The van der Waals surface area contributed by atoms with Crippen molar-refractivity contribution >= 4 is 27.6 Å². The molecule has 0 saturated heterocycles. The molecule has 0 saturated carbocycles. The summed E-state index contributed by atoms with van der Waals surface area (Å²) in [5, 5.41) is 5.48. The molecule has 0 unspecified atom stereocenters. The third-order valence-electron chi connectivity index (χ3n) is 1.84. The van der Waals surface area contributed by atoms with E-state index in [0.29, 0.717) is 11.4 Å². The van der Waals surface area contributed by atoms with E-state index in [1.165, 1.54) is 0 Å². The maximum atomic E-state index is 11.5. The summed E-state index contributed by atoms with van der Waals surface area (Å²) in [6, 6.07) is 5.26. The quantitative estimate of drug-likeness (QED) is 0.898. The zero-order valence-corrected chi connectivity index (χ0v) is 11.1. The van der Waals surface area contributed by atoms with Gasteiger partial charge in [0.1, 0.15) is 5.75 Å². The molecule has 1 aromatic rings. The average Bonchev–Trinajstić information content (AvgIpc) is 2.20. The highest BCUT2D eigenvalue weighted by molar-refractivity contribution is 9.10. The first-order valence-electron chi connectivity index (χ1n) is 4.94. The Morgan fingerprint density at radius 1 is 1.44 bits per heavy atom. The lowest BCUT2D eigenvalue weighted by atomic mass is 10.3. The molecule has 2 N–H and O–H groups in total. The molecule has 1 aromatic carbocycles. The van der Waals surface area contributed by atoms with Crippen LogP contribution in [0.3, 0.4) is 0 Å². The summed E-state index contributed by atoms with van der Waals surface area (Å²) in [5.74, 6) is 0.697. The lowest BCUT2D eigenvalue weighted by Crippen LogP contribution is -2.34. The van der Waals surface area contributed by atoms with Crippen molar-refractivity contribution in [2.24, 2.45) is 0 Å². The van der Waals surface area contributed by atoms with Gasteiger partial charge in [-0.25, -0.2) is 4.79 Å². The van der Waals surface area contributed by atoms with Gasteiger partial charge >= 0.3 is 6.03 Å². The summed E-state index contributed by atoms with van der Waals surface area (Å²) in [6.07, 6.45) is 0. The summed E-state index contributed by atoms with van der Waals surface area (Å²) in [4.78, 5) is 11.5. The van der Waals surface area contributed by atoms with Crippen LogP contribution in [0.1, 0.15) is 13.8 Å². The van der Waals surface area contributed by atoms with Gasteiger partial charge in [-0.05, 0) is 41.9 Å². The van der Waals surface area contributed by atoms with Gasteiger partial charge in [-0.1, -0.05) is 0 Å². The zero-order valence-electron chi connectivity index (χ0n) is 9.50. The SMILES string of the molecule is COc1ccc(Br)c(NC(=O)NC(C)C)c1. The average molecular weight is 287 g/mol. The topological polar surface area (TPSA) is 50.4 Å². The van der Waals surface area contributed by atoms with E-state index in [4.69, 9.17) is 4.74 Å². The number of halogens is 1. The van der Waals surface area contributed by atoms with Crippen LogP contribution in [0.2, 0.25) is 0 Å². The number of urea groups is 1. The van der Waals surface area contributed by atoms with Gasteiger partial charge in [-0.15, -0.1) is 0 Å². The Morgan fingerprint density at radius 3 is 2.69 bits per heavy atom. The number of ether oxygens (including phenoxy) is 1. The van der Waals surface area contributed by atoms with Gasteiger partial charge in [0.05, 0.1) is 12.8 Å². The molecule has 2 amide bonds. The van der Waals surface area contributed by atoms with Crippen LogP contribution in [0.25, 0.3) is 0 Å². The fraction of sp³-hybridized carbons (Fsp3) is 0.364. The Hall–Kier alpha value is -1.23. The van der Waals surface area contributed by atoms with Crippen LogP contribution in [0, 0.1) is 0 Å². The van der Waals surface area contributed by atoms with Gasteiger partial charge in [0.15, 0.2) is 0 Å². The minimum atomic E-state index is -0.232. The van der Waals surface area contributed by atoms with E-state index in [1.807, 2.05) is 26.0 Å². The molecule has 0 fully saturated rings. The monoisotopic (exact) mass is 286 g/mol. The maximum Gasteiger partial charge on any atom is 0.319 e. The van der Waals surface area contributed by atoms with E-state index >= 15 is 0 Å². The molecule has 0 aliphatic rings. The predicted molar refractivity (Wildman–Crippen MR) is 68.0 cm³/mol. The fourth-order valence-corrected chi connectivity index (χ4v) is 1.49. The number of carbonyl (C=O) groups excluding carboxylic acids is 1. The molecule has 4 nitrogen and oxygen atoms in total. The molecule has 0 radical (unpaired) electrons. The van der Waals surface area contributed by atoms with Crippen LogP contribution in [-0.4, -0.2) is 19.2 Å². The van der Waals surface area contributed by atoms with Crippen molar-refractivity contribution in [3.63, 3.8) is 0 Å². The van der Waals surface area contributed by atoms with E-state index in [2.05, 4.69) is 26.6 Å². The van der Waals surface area contributed by atoms with E-state index in [9.17, 15) is 4.79 Å². The van der Waals surface area contributed by atoms with E-state index in [-0.39, 0.29) is 12.1 Å². The summed E-state index contributed by atoms with van der Waals surface area (Å²) in [6.45, 7) is 3.81. The standard InChI is InChI=1S/C11H15BrN2O2/c1-7(2)13-11(15)14-10-6-8(16-3)4-5-9(10)12/h4-7H,1-3H3,(H2,13,14,15). The van der Waals surface area contributed by atoms with Crippen LogP contribution >= 0.6 is 15.9 Å². The summed E-state index contributed by atoms with van der Waals surface area (Å²) < 4.78 is 5.89. The normalized spacial score (nSPS) is 10.1. The largest absolute Gasteiger partial charge is 0.497 e. The van der Waals surface area contributed by atoms with Crippen LogP contribution in [-0.2, 0) is 0 Å². The molecule has 88 valence electrons. The highest BCUT2D eigenvalue weighted by Crippen LogP contribution is 2.26. The summed E-state index contributed by atoms with van der Waals surface area (Å²) >= 11 is 3.36. The summed E-state index contributed by atoms with van der Waals surface area (Å²) in [7, 11) is 1.58. The van der Waals surface area contributed by atoms with E-state index in [0.717, 1.165) is 4.47 Å². The maximum absolute atomic E-state index is 11.5. The van der Waals surface area contributed by atoms with Crippen LogP contribution in [0.15, 0.2) is 22.7 Å². The van der Waals surface area contributed by atoms with Crippen molar-refractivity contribution in [3.8, 4) is 5.75 Å². The van der Waals surface area contributed by atoms with Gasteiger partial charge in [0.2, 0.25) is 0 Å². The molecule has 5 heteroatoms. The number of rotatable bonds is 3. The molecule has 0 spiro atoms. The van der Waals surface area contributed by atoms with Gasteiger partial charge in [0, 0.05) is 16.6 Å². The Balaban J connectivity index is 2.75. The Bertz CT molecular complexity index is 380. The second-order valence-electron chi connectivity index (χ2n) is 3.60. The number of hydrogen-bond donors (Lipinski definition) is 2. The lowest BCUT2D eigenvalue weighted by molar-refractivity contribution is 0.250. The Labute approximate surface area is 103 Å². The molecule has 0 aliphatic carbocycles. The van der Waals surface area contributed by atoms with E-state index < -0.39 is 0 Å². The third kappa shape index (κ3) is 3.73. The fourth-order valence-electron chi connectivity index (χ4n) is 1.15. The minimum Gasteiger partial charge on any atom is -0.497 e. The predicted octanol–water partition coefficient (Wildman–Crippen LogP) is 2.99. The van der Waals surface area contributed by atoms with Crippen LogP contribution in [0.5, 0.6) is 5.75 Å². The summed E-state index contributed by atoms with van der Waals surface area (Å²) in [5.41, 5.74) is 0.678. The molecule has 1 rings (SSSR count). The number of nitrogens with one attached hydrogen (secondary N) is 2. The highest BCUT2D eigenvalue weighted by Gasteiger charge is 2.07. The second kappa shape index (κ2) is 5.75. The van der Waals surface area contributed by atoms with Gasteiger partial charge in [-0.3, -0.25) is 0 Å². The first kappa shape index (κ1) is 12.8. The first-order chi connectivity index (χ1) is 7.52. The number of benzene rings is 1. The number of hydrogen-bond acceptors (Lipinski definition) is 2. The molecular formula is C11H15BrN2O2. The minimum absolute atomic E-state index is 0.101. The lowest BCUT2D eigenvalue weighted by Gasteiger charge is -2.12. The van der Waals surface area contributed by atoms with Crippen LogP contribution < -0.4 is 15.4 Å². The highest BCUT2D eigenvalue weighted by atomic mass is 79.9. The smallest absolute Gasteiger partial charge is 0.319 e. The Kier molecular flexibility index (Phi) is 4.61. The molecule has 0 heterocycles. The van der Waals surface area contributed by atoms with Gasteiger partial charge < -0.3 is 15.4 Å². The molecule has 0 bridgehead atoms. The number of amides is 2. The Morgan fingerprint density at radius 2 is 2.12 bits per heavy atom. The first-order valence-corrected chi connectivity index (χ1v) is 5.73. The van der Waals surface area contributed by atoms with Gasteiger partial charge in [0.25, 0.3) is 0 Å². The molecular weight excluding hydrogens is 272 g/mol. The second-order valence-corrected chi connectivity index (χ2v) is 4.45.